The second-order valence-electron chi connectivity index (χ2n) is 4.17. The topological polar surface area (TPSA) is 68.9 Å². The van der Waals surface area contributed by atoms with Crippen molar-refractivity contribution in [1.82, 2.24) is 5.32 Å². The van der Waals surface area contributed by atoms with E-state index in [4.69, 9.17) is 15.2 Å². The standard InChI is InChI=1S/C13H19N3O2.HI/c1-2-3-6-15-13(14)16-8-10-4-5-11-12(7-10)18-9-17-11;/h4-5,7H,2-3,6,8-9H2,1H3,(H3,14,15,16);1H. The molecule has 0 spiro atoms. The van der Waals surface area contributed by atoms with Gasteiger partial charge in [0.15, 0.2) is 17.5 Å². The van der Waals surface area contributed by atoms with Gasteiger partial charge in [-0.15, -0.1) is 24.0 Å². The van der Waals surface area contributed by atoms with Crippen molar-refractivity contribution in [1.29, 1.82) is 0 Å². The summed E-state index contributed by atoms with van der Waals surface area (Å²) in [6.07, 6.45) is 2.24. The zero-order chi connectivity index (χ0) is 12.8. The number of hydrogen-bond acceptors (Lipinski definition) is 3. The number of benzene rings is 1. The lowest BCUT2D eigenvalue weighted by molar-refractivity contribution is 0.174. The highest BCUT2D eigenvalue weighted by molar-refractivity contribution is 14.0. The van der Waals surface area contributed by atoms with Crippen molar-refractivity contribution in [3.63, 3.8) is 0 Å². The summed E-state index contributed by atoms with van der Waals surface area (Å²) in [6.45, 7) is 3.85. The van der Waals surface area contributed by atoms with Crippen LogP contribution >= 0.6 is 24.0 Å². The first kappa shape index (κ1) is 15.9. The quantitative estimate of drug-likeness (QED) is 0.358. The van der Waals surface area contributed by atoms with Crippen molar-refractivity contribution in [3.05, 3.63) is 23.8 Å². The second kappa shape index (κ2) is 8.08. The SMILES string of the molecule is CCCCNC(N)=NCc1ccc2c(c1)OCO2.I. The van der Waals surface area contributed by atoms with Crippen LogP contribution in [0.25, 0.3) is 0 Å². The molecule has 0 saturated heterocycles. The molecular weight excluding hydrogens is 357 g/mol. The molecule has 0 amide bonds. The summed E-state index contributed by atoms with van der Waals surface area (Å²) in [6, 6.07) is 5.80. The minimum absolute atomic E-state index is 0. The maximum absolute atomic E-state index is 5.76. The summed E-state index contributed by atoms with van der Waals surface area (Å²) < 4.78 is 10.6. The van der Waals surface area contributed by atoms with Gasteiger partial charge in [-0.3, -0.25) is 0 Å². The minimum atomic E-state index is 0. The summed E-state index contributed by atoms with van der Waals surface area (Å²) in [5, 5.41) is 3.08. The Morgan fingerprint density at radius 3 is 2.95 bits per heavy atom. The van der Waals surface area contributed by atoms with Crippen molar-refractivity contribution in [2.45, 2.75) is 26.3 Å². The lowest BCUT2D eigenvalue weighted by Crippen LogP contribution is -2.32. The van der Waals surface area contributed by atoms with Crippen molar-refractivity contribution in [2.24, 2.45) is 10.7 Å². The Kier molecular flexibility index (Phi) is 6.75. The van der Waals surface area contributed by atoms with Gasteiger partial charge >= 0.3 is 0 Å². The Labute approximate surface area is 130 Å². The summed E-state index contributed by atoms with van der Waals surface area (Å²) >= 11 is 0. The Morgan fingerprint density at radius 2 is 2.16 bits per heavy atom. The highest BCUT2D eigenvalue weighted by Gasteiger charge is 2.12. The van der Waals surface area contributed by atoms with Gasteiger partial charge in [0, 0.05) is 6.54 Å². The van der Waals surface area contributed by atoms with E-state index >= 15 is 0 Å². The molecule has 1 aromatic rings. The first-order valence-corrected chi connectivity index (χ1v) is 6.22. The molecule has 3 N–H and O–H groups in total. The van der Waals surface area contributed by atoms with Gasteiger partial charge in [0.05, 0.1) is 6.54 Å². The molecule has 0 atom stereocenters. The fraction of sp³-hybridized carbons (Fsp3) is 0.462. The van der Waals surface area contributed by atoms with Crippen LogP contribution in [0.4, 0.5) is 0 Å². The maximum atomic E-state index is 5.76. The molecule has 6 heteroatoms. The molecule has 0 fully saturated rings. The molecule has 1 aromatic carbocycles. The van der Waals surface area contributed by atoms with Crippen LogP contribution in [0.15, 0.2) is 23.2 Å². The van der Waals surface area contributed by atoms with Crippen molar-refractivity contribution in [2.75, 3.05) is 13.3 Å². The lowest BCUT2D eigenvalue weighted by atomic mass is 10.2. The van der Waals surface area contributed by atoms with Crippen LogP contribution < -0.4 is 20.5 Å². The molecule has 0 saturated carbocycles. The highest BCUT2D eigenvalue weighted by Crippen LogP contribution is 2.32. The zero-order valence-corrected chi connectivity index (χ0v) is 13.3. The van der Waals surface area contributed by atoms with Crippen LogP contribution in [-0.2, 0) is 6.54 Å². The molecule has 0 aromatic heterocycles. The second-order valence-corrected chi connectivity index (χ2v) is 4.17. The molecule has 19 heavy (non-hydrogen) atoms. The van der Waals surface area contributed by atoms with E-state index in [1.54, 1.807) is 0 Å². The van der Waals surface area contributed by atoms with Gasteiger partial charge < -0.3 is 20.5 Å². The summed E-state index contributed by atoms with van der Waals surface area (Å²) in [5.41, 5.74) is 6.81. The molecule has 0 bridgehead atoms. The number of rotatable bonds is 5. The number of halogens is 1. The fourth-order valence-corrected chi connectivity index (χ4v) is 1.66. The number of guanidine groups is 1. The molecule has 0 radical (unpaired) electrons. The third kappa shape index (κ3) is 4.77. The van der Waals surface area contributed by atoms with Gasteiger partial charge in [0.1, 0.15) is 0 Å². The van der Waals surface area contributed by atoms with Gasteiger partial charge in [-0.1, -0.05) is 19.4 Å². The molecule has 1 aliphatic heterocycles. The molecule has 0 unspecified atom stereocenters. The van der Waals surface area contributed by atoms with E-state index in [1.165, 1.54) is 0 Å². The average Bonchev–Trinajstić information content (AvgIpc) is 2.84. The van der Waals surface area contributed by atoms with Gasteiger partial charge in [-0.2, -0.15) is 0 Å². The van der Waals surface area contributed by atoms with Crippen LogP contribution in [-0.4, -0.2) is 19.3 Å². The summed E-state index contributed by atoms with van der Waals surface area (Å²) in [4.78, 5) is 4.28. The van der Waals surface area contributed by atoms with E-state index in [0.717, 1.165) is 36.4 Å². The maximum Gasteiger partial charge on any atom is 0.231 e. The number of unbranched alkanes of at least 4 members (excludes halogenated alkanes) is 1. The Hall–Kier alpha value is -1.18. The van der Waals surface area contributed by atoms with Gasteiger partial charge in [-0.25, -0.2) is 4.99 Å². The van der Waals surface area contributed by atoms with Crippen LogP contribution in [0, 0.1) is 0 Å². The Morgan fingerprint density at radius 1 is 1.37 bits per heavy atom. The lowest BCUT2D eigenvalue weighted by Gasteiger charge is -2.04. The molecule has 106 valence electrons. The number of aliphatic imine (C=N–C) groups is 1. The zero-order valence-electron chi connectivity index (χ0n) is 11.0. The first-order valence-electron chi connectivity index (χ1n) is 6.22. The van der Waals surface area contributed by atoms with E-state index < -0.39 is 0 Å². The Bertz CT molecular complexity index is 438. The van der Waals surface area contributed by atoms with Crippen LogP contribution in [0.2, 0.25) is 0 Å². The first-order chi connectivity index (χ1) is 8.79. The smallest absolute Gasteiger partial charge is 0.231 e. The minimum Gasteiger partial charge on any atom is -0.454 e. The predicted octanol–water partition coefficient (Wildman–Crippen LogP) is 2.24. The Balaban J connectivity index is 0.00000180. The monoisotopic (exact) mass is 377 g/mol. The van der Waals surface area contributed by atoms with Crippen molar-refractivity contribution < 1.29 is 9.47 Å². The number of nitrogens with zero attached hydrogens (tertiary/aromatic N) is 1. The van der Waals surface area contributed by atoms with Gasteiger partial charge in [-0.05, 0) is 24.1 Å². The molecular formula is C13H20IN3O2. The van der Waals surface area contributed by atoms with Crippen LogP contribution in [0.3, 0.4) is 0 Å². The van der Waals surface area contributed by atoms with Crippen molar-refractivity contribution >= 4 is 29.9 Å². The molecule has 0 aliphatic carbocycles. The normalized spacial score (nSPS) is 13.0. The number of nitrogens with one attached hydrogen (secondary N) is 1. The number of fused-ring (bicyclic) bond motifs is 1. The molecule has 1 aliphatic rings. The molecule has 2 rings (SSSR count). The number of hydrogen-bond donors (Lipinski definition) is 2. The number of nitrogens with two attached hydrogens (primary N) is 1. The van der Waals surface area contributed by atoms with Crippen LogP contribution in [0.5, 0.6) is 11.5 Å². The van der Waals surface area contributed by atoms with Crippen molar-refractivity contribution in [3.8, 4) is 11.5 Å². The van der Waals surface area contributed by atoms with E-state index in [-0.39, 0.29) is 24.0 Å². The summed E-state index contributed by atoms with van der Waals surface area (Å²) in [7, 11) is 0. The highest BCUT2D eigenvalue weighted by atomic mass is 127. The molecule has 5 nitrogen and oxygen atoms in total. The van der Waals surface area contributed by atoms with Crippen LogP contribution in [0.1, 0.15) is 25.3 Å². The number of ether oxygens (including phenoxy) is 2. The van der Waals surface area contributed by atoms with E-state index in [2.05, 4.69) is 17.2 Å². The third-order valence-corrected chi connectivity index (χ3v) is 2.71. The van der Waals surface area contributed by atoms with E-state index in [1.807, 2.05) is 18.2 Å². The van der Waals surface area contributed by atoms with E-state index in [0.29, 0.717) is 19.3 Å². The largest absolute Gasteiger partial charge is 0.454 e. The fourth-order valence-electron chi connectivity index (χ4n) is 1.66. The van der Waals surface area contributed by atoms with Gasteiger partial charge in [0.25, 0.3) is 0 Å². The summed E-state index contributed by atoms with van der Waals surface area (Å²) in [5.74, 6) is 2.05. The average molecular weight is 377 g/mol. The molecule has 1 heterocycles. The third-order valence-electron chi connectivity index (χ3n) is 2.71. The van der Waals surface area contributed by atoms with Gasteiger partial charge in [0.2, 0.25) is 6.79 Å². The van der Waals surface area contributed by atoms with E-state index in [9.17, 15) is 0 Å². The predicted molar refractivity (Wildman–Crippen MR) is 86.2 cm³/mol.